The van der Waals surface area contributed by atoms with Crippen molar-refractivity contribution in [3.05, 3.63) is 0 Å². The molecule has 12 nitrogen and oxygen atoms in total. The van der Waals surface area contributed by atoms with Crippen molar-refractivity contribution in [2.45, 2.75) is 112 Å². The zero-order chi connectivity index (χ0) is 31.3. The Hall–Kier alpha value is -3.18. The van der Waals surface area contributed by atoms with E-state index in [9.17, 15) is 28.8 Å². The maximum Gasteiger partial charge on any atom is 0.329 e. The molecule has 0 aromatic carbocycles. The molecule has 2 aliphatic rings. The Bertz CT molecular complexity index is 1010. The van der Waals surface area contributed by atoms with Crippen molar-refractivity contribution in [2.24, 2.45) is 23.7 Å². The molecule has 2 saturated heterocycles. The molecule has 2 aliphatic heterocycles. The number of amides is 4. The number of nitrogens with zero attached hydrogens (tertiary/aromatic N) is 2. The van der Waals surface area contributed by atoms with Gasteiger partial charge in [0.05, 0.1) is 0 Å². The van der Waals surface area contributed by atoms with Crippen LogP contribution in [0.5, 0.6) is 0 Å². The summed E-state index contributed by atoms with van der Waals surface area (Å²) in [6.07, 6.45) is -1.52. The van der Waals surface area contributed by atoms with Gasteiger partial charge in [0.2, 0.25) is 11.8 Å². The van der Waals surface area contributed by atoms with E-state index >= 15 is 0 Å². The van der Waals surface area contributed by atoms with Crippen LogP contribution in [0.4, 0.5) is 0 Å². The SMILES string of the molecule is CC(C)[C@@H]1OC(=O)[C@@H](C(C)C)N(C)C(=O)[C@H](C(C)C)OC(=O)[C@@H](C(C)C)NC(=O)[C@@H]2CCCN2C(=O)[C@@H](C)NC1=O. The number of ether oxygens (including phenoxy) is 2. The van der Waals surface area contributed by atoms with Gasteiger partial charge in [-0.1, -0.05) is 55.4 Å². The summed E-state index contributed by atoms with van der Waals surface area (Å²) in [6.45, 7) is 15.6. The lowest BCUT2D eigenvalue weighted by atomic mass is 9.99. The van der Waals surface area contributed by atoms with E-state index in [0.717, 1.165) is 0 Å². The number of rotatable bonds is 4. The van der Waals surface area contributed by atoms with Gasteiger partial charge in [0.15, 0.2) is 12.2 Å². The maximum atomic E-state index is 13.7. The van der Waals surface area contributed by atoms with Crippen molar-refractivity contribution in [2.75, 3.05) is 13.6 Å². The molecule has 0 bridgehead atoms. The molecule has 6 atom stereocenters. The number of cyclic esters (lactones) is 2. The van der Waals surface area contributed by atoms with E-state index in [1.807, 2.05) is 0 Å². The highest BCUT2D eigenvalue weighted by molar-refractivity contribution is 5.96. The summed E-state index contributed by atoms with van der Waals surface area (Å²) in [5.41, 5.74) is 0. The zero-order valence-electron chi connectivity index (χ0n) is 26.1. The maximum absolute atomic E-state index is 13.7. The average Bonchev–Trinajstić information content (AvgIpc) is 3.36. The molecular formula is C29H48N4O8. The van der Waals surface area contributed by atoms with Crippen LogP contribution in [0.3, 0.4) is 0 Å². The number of likely N-dealkylation sites (N-methyl/N-ethyl adjacent to an activating group) is 1. The molecule has 41 heavy (non-hydrogen) atoms. The molecule has 2 heterocycles. The number of carbonyl (C=O) groups is 6. The first-order chi connectivity index (χ1) is 19.0. The quantitative estimate of drug-likeness (QED) is 0.472. The highest BCUT2D eigenvalue weighted by Gasteiger charge is 2.43. The van der Waals surface area contributed by atoms with Gasteiger partial charge in [-0.05, 0) is 43.4 Å². The lowest BCUT2D eigenvalue weighted by molar-refractivity contribution is -0.173. The lowest BCUT2D eigenvalue weighted by Crippen LogP contribution is -2.58. The molecule has 232 valence electrons. The molecule has 0 spiro atoms. The summed E-state index contributed by atoms with van der Waals surface area (Å²) in [4.78, 5) is 83.0. The average molecular weight is 581 g/mol. The van der Waals surface area contributed by atoms with Gasteiger partial charge < -0.3 is 29.9 Å². The minimum Gasteiger partial charge on any atom is -0.450 e. The third-order valence-electron chi connectivity index (χ3n) is 7.62. The first-order valence-electron chi connectivity index (χ1n) is 14.6. The molecular weight excluding hydrogens is 532 g/mol. The van der Waals surface area contributed by atoms with Gasteiger partial charge in [0.25, 0.3) is 11.8 Å². The Morgan fingerprint density at radius 3 is 1.78 bits per heavy atom. The molecule has 12 heteroatoms. The van der Waals surface area contributed by atoms with Crippen molar-refractivity contribution in [1.29, 1.82) is 0 Å². The molecule has 2 fully saturated rings. The van der Waals surface area contributed by atoms with Crippen molar-refractivity contribution < 1.29 is 38.2 Å². The second-order valence-corrected chi connectivity index (χ2v) is 12.5. The van der Waals surface area contributed by atoms with Crippen LogP contribution in [0.2, 0.25) is 0 Å². The molecule has 0 unspecified atom stereocenters. The molecule has 0 saturated carbocycles. The topological polar surface area (TPSA) is 151 Å². The zero-order valence-corrected chi connectivity index (χ0v) is 26.1. The number of nitrogens with one attached hydrogen (secondary N) is 2. The third kappa shape index (κ3) is 7.97. The summed E-state index contributed by atoms with van der Waals surface area (Å²) < 4.78 is 11.4. The Morgan fingerprint density at radius 2 is 1.27 bits per heavy atom. The highest BCUT2D eigenvalue weighted by atomic mass is 16.6. The fourth-order valence-corrected chi connectivity index (χ4v) is 5.23. The van der Waals surface area contributed by atoms with Gasteiger partial charge in [-0.3, -0.25) is 19.2 Å². The molecule has 4 amide bonds. The van der Waals surface area contributed by atoms with Crippen LogP contribution < -0.4 is 10.6 Å². The molecule has 0 aromatic heterocycles. The largest absolute Gasteiger partial charge is 0.450 e. The second-order valence-electron chi connectivity index (χ2n) is 12.5. The Kier molecular flexibility index (Phi) is 11.7. The monoisotopic (exact) mass is 580 g/mol. The van der Waals surface area contributed by atoms with E-state index in [-0.39, 0.29) is 5.92 Å². The van der Waals surface area contributed by atoms with Crippen LogP contribution in [0.15, 0.2) is 0 Å². The smallest absolute Gasteiger partial charge is 0.329 e. The van der Waals surface area contributed by atoms with Gasteiger partial charge in [-0.25, -0.2) is 9.59 Å². The molecule has 0 aliphatic carbocycles. The van der Waals surface area contributed by atoms with Gasteiger partial charge in [0.1, 0.15) is 24.2 Å². The van der Waals surface area contributed by atoms with Crippen LogP contribution >= 0.6 is 0 Å². The summed E-state index contributed by atoms with van der Waals surface area (Å²) in [6, 6.07) is -4.00. The Labute approximate surface area is 243 Å². The molecule has 0 aromatic rings. The van der Waals surface area contributed by atoms with Gasteiger partial charge in [-0.15, -0.1) is 0 Å². The number of fused-ring (bicyclic) bond motifs is 1. The summed E-state index contributed by atoms with van der Waals surface area (Å²) in [5.74, 6) is -5.48. The third-order valence-corrected chi connectivity index (χ3v) is 7.62. The van der Waals surface area contributed by atoms with Crippen LogP contribution in [0.25, 0.3) is 0 Å². The summed E-state index contributed by atoms with van der Waals surface area (Å²) in [5, 5.41) is 5.37. The van der Waals surface area contributed by atoms with Gasteiger partial charge >= 0.3 is 11.9 Å². The standard InChI is InChI=1S/C29H48N4O8/c1-14(2)20-28(38)41-23(17(7)8)27(37)32(10)21(15(3)4)29(39)40-22(16(5)6)25(35)30-18(9)26(36)33-13-11-12-19(33)24(34)31-20/h14-23H,11-13H2,1-10H3,(H,30,35)(H,31,34)/t18-,19+,20-,21-,22+,23+/m1/s1. The Balaban J connectivity index is 2.58. The van der Waals surface area contributed by atoms with Crippen molar-refractivity contribution >= 4 is 35.6 Å². The van der Waals surface area contributed by atoms with E-state index in [1.165, 1.54) is 23.8 Å². The molecule has 2 N–H and O–H groups in total. The van der Waals surface area contributed by atoms with E-state index < -0.39 is 89.7 Å². The Morgan fingerprint density at radius 1 is 0.707 bits per heavy atom. The predicted molar refractivity (Wildman–Crippen MR) is 150 cm³/mol. The minimum absolute atomic E-state index is 0.308. The molecule has 2 rings (SSSR count). The first-order valence-corrected chi connectivity index (χ1v) is 14.6. The van der Waals surface area contributed by atoms with Crippen LogP contribution in [0.1, 0.15) is 75.2 Å². The van der Waals surface area contributed by atoms with Crippen LogP contribution in [-0.4, -0.2) is 95.3 Å². The summed E-state index contributed by atoms with van der Waals surface area (Å²) >= 11 is 0. The van der Waals surface area contributed by atoms with E-state index in [1.54, 1.807) is 55.4 Å². The van der Waals surface area contributed by atoms with E-state index in [4.69, 9.17) is 9.47 Å². The second kappa shape index (κ2) is 14.1. The number of hydrogen-bond donors (Lipinski definition) is 2. The van der Waals surface area contributed by atoms with Crippen molar-refractivity contribution in [1.82, 2.24) is 20.4 Å². The van der Waals surface area contributed by atoms with Gasteiger partial charge in [0, 0.05) is 13.6 Å². The highest BCUT2D eigenvalue weighted by Crippen LogP contribution is 2.23. The molecule has 0 radical (unpaired) electrons. The van der Waals surface area contributed by atoms with E-state index in [0.29, 0.717) is 19.4 Å². The van der Waals surface area contributed by atoms with Crippen LogP contribution in [0, 0.1) is 23.7 Å². The fraction of sp³-hybridized carbons (Fsp3) is 0.793. The number of carbonyl (C=O) groups excluding carboxylic acids is 6. The van der Waals surface area contributed by atoms with Crippen molar-refractivity contribution in [3.63, 3.8) is 0 Å². The van der Waals surface area contributed by atoms with Gasteiger partial charge in [-0.2, -0.15) is 0 Å². The number of hydrogen-bond acceptors (Lipinski definition) is 8. The van der Waals surface area contributed by atoms with Crippen LogP contribution in [-0.2, 0) is 38.2 Å². The van der Waals surface area contributed by atoms with Crippen molar-refractivity contribution in [3.8, 4) is 0 Å². The predicted octanol–water partition coefficient (Wildman–Crippen LogP) is 1.26. The summed E-state index contributed by atoms with van der Waals surface area (Å²) in [7, 11) is 1.43. The number of esters is 2. The minimum atomic E-state index is -1.24. The fourth-order valence-electron chi connectivity index (χ4n) is 5.23. The lowest BCUT2D eigenvalue weighted by Gasteiger charge is -2.35. The van der Waals surface area contributed by atoms with E-state index in [2.05, 4.69) is 10.6 Å². The first kappa shape index (κ1) is 34.0. The normalized spacial score (nSPS) is 29.8.